The molecule has 0 radical (unpaired) electrons. The van der Waals surface area contributed by atoms with Crippen LogP contribution in [-0.4, -0.2) is 66.0 Å². The van der Waals surface area contributed by atoms with E-state index in [9.17, 15) is 23.1 Å². The van der Waals surface area contributed by atoms with Gasteiger partial charge in [-0.15, -0.1) is 0 Å². The van der Waals surface area contributed by atoms with Crippen LogP contribution in [-0.2, 0) is 19.6 Å². The minimum absolute atomic E-state index is 0.0636. The van der Waals surface area contributed by atoms with Gasteiger partial charge >= 0.3 is 5.97 Å². The number of nitrogens with zero attached hydrogens (tertiary/aromatic N) is 2. The number of hydrogen-bond donors (Lipinski definition) is 1. The van der Waals surface area contributed by atoms with Crippen LogP contribution < -0.4 is 0 Å². The Kier molecular flexibility index (Phi) is 4.57. The van der Waals surface area contributed by atoms with Crippen molar-refractivity contribution in [3.8, 4) is 0 Å². The Morgan fingerprint density at radius 3 is 2.29 bits per heavy atom. The zero-order valence-corrected chi connectivity index (χ0v) is 13.1. The molecule has 1 amide bonds. The van der Waals surface area contributed by atoms with Gasteiger partial charge in [-0.1, -0.05) is 19.3 Å². The average Bonchev–Trinajstić information content (AvgIpc) is 2.77. The number of aliphatic carboxylic acids is 1. The van der Waals surface area contributed by atoms with Crippen LogP contribution in [0.25, 0.3) is 0 Å². The van der Waals surface area contributed by atoms with Gasteiger partial charge in [-0.3, -0.25) is 4.79 Å². The quantitative estimate of drug-likeness (QED) is 0.802. The lowest BCUT2D eigenvalue weighted by atomic mass is 9.80. The lowest BCUT2D eigenvalue weighted by molar-refractivity contribution is -0.160. The van der Waals surface area contributed by atoms with Gasteiger partial charge in [0, 0.05) is 13.6 Å². The molecule has 2 aliphatic rings. The Labute approximate surface area is 125 Å². The summed E-state index contributed by atoms with van der Waals surface area (Å²) in [6.45, 7) is 0.0792. The van der Waals surface area contributed by atoms with Crippen molar-refractivity contribution < 1.29 is 23.1 Å². The second kappa shape index (κ2) is 5.92. The largest absolute Gasteiger partial charge is 0.479 e. The van der Waals surface area contributed by atoms with E-state index in [2.05, 4.69) is 0 Å². The molecular formula is C13H22N2O5S. The molecule has 21 heavy (non-hydrogen) atoms. The van der Waals surface area contributed by atoms with Crippen LogP contribution in [0.2, 0.25) is 0 Å². The van der Waals surface area contributed by atoms with Crippen LogP contribution in [0.5, 0.6) is 0 Å². The maximum Gasteiger partial charge on any atom is 0.329 e. The van der Waals surface area contributed by atoms with Crippen LogP contribution in [0.1, 0.15) is 38.5 Å². The van der Waals surface area contributed by atoms with E-state index in [1.54, 1.807) is 0 Å². The summed E-state index contributed by atoms with van der Waals surface area (Å²) >= 11 is 0. The molecule has 1 heterocycles. The predicted octanol–water partition coefficient (Wildman–Crippen LogP) is 0.268. The molecule has 2 fully saturated rings. The Balaban J connectivity index is 2.12. The standard InChI is InChI=1S/C13H22N2O5S/c1-14(13(12(17)18)6-3-2-4-7-13)11(16)10-15-8-5-9-21(15,19)20/h2-10H2,1H3,(H,17,18). The molecule has 0 spiro atoms. The van der Waals surface area contributed by atoms with Crippen molar-refractivity contribution in [1.82, 2.24) is 9.21 Å². The van der Waals surface area contributed by atoms with Gasteiger partial charge in [0.25, 0.3) is 0 Å². The first-order valence-corrected chi connectivity index (χ1v) is 8.88. The van der Waals surface area contributed by atoms with Crippen molar-refractivity contribution in [3.63, 3.8) is 0 Å². The van der Waals surface area contributed by atoms with Gasteiger partial charge < -0.3 is 10.0 Å². The molecule has 0 atom stereocenters. The van der Waals surface area contributed by atoms with Gasteiger partial charge in [0.15, 0.2) is 0 Å². The Morgan fingerprint density at radius 2 is 1.81 bits per heavy atom. The maximum atomic E-state index is 12.4. The summed E-state index contributed by atoms with van der Waals surface area (Å²) in [5, 5.41) is 9.55. The molecule has 1 N–H and O–H groups in total. The van der Waals surface area contributed by atoms with Gasteiger partial charge in [-0.05, 0) is 19.3 Å². The molecule has 120 valence electrons. The van der Waals surface area contributed by atoms with Gasteiger partial charge in [0.2, 0.25) is 15.9 Å². The van der Waals surface area contributed by atoms with Gasteiger partial charge in [0.1, 0.15) is 5.54 Å². The number of carbonyl (C=O) groups is 2. The smallest absolute Gasteiger partial charge is 0.329 e. The highest BCUT2D eigenvalue weighted by atomic mass is 32.2. The fraction of sp³-hybridized carbons (Fsp3) is 0.846. The van der Waals surface area contributed by atoms with Crippen molar-refractivity contribution in [1.29, 1.82) is 0 Å². The summed E-state index contributed by atoms with van der Waals surface area (Å²) in [5.41, 5.74) is -1.18. The van der Waals surface area contributed by atoms with Crippen molar-refractivity contribution >= 4 is 21.9 Å². The average molecular weight is 318 g/mol. The van der Waals surface area contributed by atoms with E-state index in [1.165, 1.54) is 11.9 Å². The summed E-state index contributed by atoms with van der Waals surface area (Å²) in [5.74, 6) is -1.37. The lowest BCUT2D eigenvalue weighted by Crippen LogP contribution is -2.58. The van der Waals surface area contributed by atoms with E-state index in [0.29, 0.717) is 25.8 Å². The second-order valence-electron chi connectivity index (χ2n) is 5.85. The third kappa shape index (κ3) is 3.06. The number of likely N-dealkylation sites (N-methyl/N-ethyl adjacent to an activating group) is 1. The molecule has 0 bridgehead atoms. The van der Waals surface area contributed by atoms with Crippen molar-refractivity contribution in [2.75, 3.05) is 25.9 Å². The van der Waals surface area contributed by atoms with E-state index in [-0.39, 0.29) is 12.3 Å². The first kappa shape index (κ1) is 16.2. The van der Waals surface area contributed by atoms with E-state index in [1.807, 2.05) is 0 Å². The first-order chi connectivity index (χ1) is 9.79. The van der Waals surface area contributed by atoms with Gasteiger partial charge in [0.05, 0.1) is 12.3 Å². The fourth-order valence-corrected chi connectivity index (χ4v) is 4.66. The molecule has 7 nitrogen and oxygen atoms in total. The van der Waals surface area contributed by atoms with E-state index in [4.69, 9.17) is 0 Å². The predicted molar refractivity (Wildman–Crippen MR) is 76.2 cm³/mol. The third-order valence-corrected chi connectivity index (χ3v) is 6.51. The molecule has 1 saturated heterocycles. The molecule has 1 aliphatic carbocycles. The van der Waals surface area contributed by atoms with Crippen LogP contribution in [0.15, 0.2) is 0 Å². The molecule has 0 aromatic carbocycles. The third-order valence-electron chi connectivity index (χ3n) is 4.61. The monoisotopic (exact) mass is 318 g/mol. The van der Waals surface area contributed by atoms with Crippen molar-refractivity contribution in [3.05, 3.63) is 0 Å². The minimum Gasteiger partial charge on any atom is -0.479 e. The number of amides is 1. The zero-order chi connectivity index (χ0) is 15.7. The topological polar surface area (TPSA) is 95.0 Å². The van der Waals surface area contributed by atoms with E-state index >= 15 is 0 Å². The molecule has 1 aliphatic heterocycles. The SMILES string of the molecule is CN(C(=O)CN1CCCS1(=O)=O)C1(C(=O)O)CCCCC1. The highest BCUT2D eigenvalue weighted by Gasteiger charge is 2.46. The number of rotatable bonds is 4. The zero-order valence-electron chi connectivity index (χ0n) is 12.2. The first-order valence-electron chi connectivity index (χ1n) is 7.27. The number of carboxylic acids is 1. The van der Waals surface area contributed by atoms with Crippen molar-refractivity contribution in [2.24, 2.45) is 0 Å². The molecule has 1 saturated carbocycles. The molecule has 2 rings (SSSR count). The normalized spacial score (nSPS) is 24.6. The molecular weight excluding hydrogens is 296 g/mol. The number of carbonyl (C=O) groups excluding carboxylic acids is 1. The molecule has 0 unspecified atom stereocenters. The highest BCUT2D eigenvalue weighted by Crippen LogP contribution is 2.33. The number of sulfonamides is 1. The Bertz CT molecular complexity index is 525. The summed E-state index contributed by atoms with van der Waals surface area (Å²) in [6.07, 6.45) is 3.88. The summed E-state index contributed by atoms with van der Waals surface area (Å²) in [4.78, 5) is 25.3. The van der Waals surface area contributed by atoms with Crippen LogP contribution >= 0.6 is 0 Å². The second-order valence-corrected chi connectivity index (χ2v) is 7.94. The number of carboxylic acid groups (broad SMARTS) is 1. The Morgan fingerprint density at radius 1 is 1.19 bits per heavy atom. The molecule has 0 aromatic heterocycles. The fourth-order valence-electron chi connectivity index (χ4n) is 3.19. The van der Waals surface area contributed by atoms with Crippen LogP contribution in [0.4, 0.5) is 0 Å². The van der Waals surface area contributed by atoms with E-state index in [0.717, 1.165) is 23.6 Å². The van der Waals surface area contributed by atoms with Gasteiger partial charge in [-0.25, -0.2) is 13.2 Å². The molecule has 0 aromatic rings. The highest BCUT2D eigenvalue weighted by molar-refractivity contribution is 7.89. The number of hydrogen-bond acceptors (Lipinski definition) is 4. The summed E-state index contributed by atoms with van der Waals surface area (Å²) in [6, 6.07) is 0. The van der Waals surface area contributed by atoms with Crippen LogP contribution in [0, 0.1) is 0 Å². The van der Waals surface area contributed by atoms with Gasteiger partial charge in [-0.2, -0.15) is 4.31 Å². The lowest BCUT2D eigenvalue weighted by Gasteiger charge is -2.41. The molecule has 8 heteroatoms. The van der Waals surface area contributed by atoms with E-state index < -0.39 is 27.4 Å². The summed E-state index contributed by atoms with van der Waals surface area (Å²) in [7, 11) is -1.87. The maximum absolute atomic E-state index is 12.4. The minimum atomic E-state index is -3.35. The Hall–Kier alpha value is -1.15. The summed E-state index contributed by atoms with van der Waals surface area (Å²) < 4.78 is 24.7. The van der Waals surface area contributed by atoms with Crippen molar-refractivity contribution in [2.45, 2.75) is 44.1 Å². The van der Waals surface area contributed by atoms with Crippen LogP contribution in [0.3, 0.4) is 0 Å².